The Labute approximate surface area is 175 Å². The Hall–Kier alpha value is -3.42. The number of benzene rings is 1. The summed E-state index contributed by atoms with van der Waals surface area (Å²) in [4.78, 5) is 47.3. The fraction of sp³-hybridized carbons (Fsp3) is 0.364. The van der Waals surface area contributed by atoms with E-state index in [4.69, 9.17) is 4.74 Å². The van der Waals surface area contributed by atoms with Gasteiger partial charge in [-0.1, -0.05) is 12.1 Å². The molecule has 1 aromatic carbocycles. The highest BCUT2D eigenvalue weighted by atomic mass is 16.5. The maximum atomic E-state index is 13.0. The molecule has 3 amide bonds. The minimum absolute atomic E-state index is 0.0290. The van der Waals surface area contributed by atoms with Crippen molar-refractivity contribution in [2.45, 2.75) is 6.42 Å². The van der Waals surface area contributed by atoms with Gasteiger partial charge in [-0.05, 0) is 24.3 Å². The van der Waals surface area contributed by atoms with Crippen molar-refractivity contribution in [2.75, 3.05) is 44.7 Å². The van der Waals surface area contributed by atoms with Crippen molar-refractivity contribution in [3.8, 4) is 5.75 Å². The van der Waals surface area contributed by atoms with Crippen molar-refractivity contribution in [1.29, 1.82) is 0 Å². The smallest absolute Gasteiger partial charge is 0.272 e. The maximum Gasteiger partial charge on any atom is 0.272 e. The first-order valence-corrected chi connectivity index (χ1v) is 10.0. The van der Waals surface area contributed by atoms with Crippen LogP contribution in [0.3, 0.4) is 0 Å². The van der Waals surface area contributed by atoms with E-state index >= 15 is 0 Å². The Balaban J connectivity index is 1.35. The van der Waals surface area contributed by atoms with E-state index in [1.807, 2.05) is 18.2 Å². The summed E-state index contributed by atoms with van der Waals surface area (Å²) in [6, 6.07) is 12.5. The Morgan fingerprint density at radius 3 is 2.50 bits per heavy atom. The van der Waals surface area contributed by atoms with Crippen molar-refractivity contribution >= 4 is 23.4 Å². The zero-order valence-corrected chi connectivity index (χ0v) is 16.9. The lowest BCUT2D eigenvalue weighted by Crippen LogP contribution is -2.52. The topological polar surface area (TPSA) is 83.1 Å². The molecule has 3 heterocycles. The molecule has 0 aliphatic carbocycles. The zero-order chi connectivity index (χ0) is 21.1. The molecular formula is C22H24N4O4. The van der Waals surface area contributed by atoms with Crippen molar-refractivity contribution in [2.24, 2.45) is 5.92 Å². The molecule has 1 aromatic heterocycles. The number of rotatable bonds is 4. The van der Waals surface area contributed by atoms with Gasteiger partial charge in [0.1, 0.15) is 11.4 Å². The lowest BCUT2D eigenvalue weighted by atomic mass is 10.1. The third-order valence-electron chi connectivity index (χ3n) is 5.60. The van der Waals surface area contributed by atoms with Crippen molar-refractivity contribution < 1.29 is 19.1 Å². The van der Waals surface area contributed by atoms with Crippen LogP contribution in [-0.2, 0) is 9.59 Å². The summed E-state index contributed by atoms with van der Waals surface area (Å²) < 4.78 is 5.23. The van der Waals surface area contributed by atoms with Gasteiger partial charge < -0.3 is 19.4 Å². The second kappa shape index (κ2) is 8.52. The molecule has 8 nitrogen and oxygen atoms in total. The van der Waals surface area contributed by atoms with Crippen LogP contribution < -0.4 is 9.64 Å². The summed E-state index contributed by atoms with van der Waals surface area (Å²) in [5.41, 5.74) is 1.15. The monoisotopic (exact) mass is 408 g/mol. The quantitative estimate of drug-likeness (QED) is 0.764. The van der Waals surface area contributed by atoms with Gasteiger partial charge in [0.05, 0.1) is 13.0 Å². The third kappa shape index (κ3) is 3.98. The number of methoxy groups -OCH3 is 1. The SMILES string of the molecule is COc1cccc(N2C[C@H](C(=O)N3CCN(C(=O)c4ccccn4)CC3)CC2=O)c1. The molecule has 0 saturated carbocycles. The fourth-order valence-corrected chi connectivity index (χ4v) is 3.94. The minimum Gasteiger partial charge on any atom is -0.497 e. The Morgan fingerprint density at radius 1 is 1.03 bits per heavy atom. The summed E-state index contributed by atoms with van der Waals surface area (Å²) in [7, 11) is 1.58. The van der Waals surface area contributed by atoms with Crippen molar-refractivity contribution in [3.63, 3.8) is 0 Å². The van der Waals surface area contributed by atoms with E-state index in [1.165, 1.54) is 0 Å². The van der Waals surface area contributed by atoms with E-state index in [2.05, 4.69) is 4.98 Å². The number of ether oxygens (including phenoxy) is 1. The van der Waals surface area contributed by atoms with Gasteiger partial charge in [-0.15, -0.1) is 0 Å². The highest BCUT2D eigenvalue weighted by Crippen LogP contribution is 2.29. The fourth-order valence-electron chi connectivity index (χ4n) is 3.94. The van der Waals surface area contributed by atoms with Gasteiger partial charge in [-0.2, -0.15) is 0 Å². The number of piperazine rings is 1. The number of pyridine rings is 1. The number of anilines is 1. The average Bonchev–Trinajstić information content (AvgIpc) is 3.20. The first-order valence-electron chi connectivity index (χ1n) is 10.0. The first kappa shape index (κ1) is 19.9. The third-order valence-corrected chi connectivity index (χ3v) is 5.60. The van der Waals surface area contributed by atoms with Gasteiger partial charge in [0.2, 0.25) is 11.8 Å². The largest absolute Gasteiger partial charge is 0.497 e. The standard InChI is InChI=1S/C22H24N4O4/c1-30-18-6-4-5-17(14-18)26-15-16(13-20(26)27)21(28)24-9-11-25(12-10-24)22(29)19-7-2-3-8-23-19/h2-8,14,16H,9-13,15H2,1H3/t16-/m1/s1. The molecule has 156 valence electrons. The Kier molecular flexibility index (Phi) is 5.65. The molecule has 4 rings (SSSR count). The highest BCUT2D eigenvalue weighted by molar-refractivity contribution is 6.00. The van der Waals surface area contributed by atoms with Gasteiger partial charge in [-0.25, -0.2) is 0 Å². The van der Waals surface area contributed by atoms with Crippen LogP contribution in [-0.4, -0.2) is 72.3 Å². The second-order valence-corrected chi connectivity index (χ2v) is 7.44. The molecular weight excluding hydrogens is 384 g/mol. The first-order chi connectivity index (χ1) is 14.6. The molecule has 30 heavy (non-hydrogen) atoms. The molecule has 0 bridgehead atoms. The normalized spacial score (nSPS) is 19.2. The maximum absolute atomic E-state index is 13.0. The van der Waals surface area contributed by atoms with E-state index in [0.717, 1.165) is 5.69 Å². The molecule has 2 aliphatic rings. The van der Waals surface area contributed by atoms with Gasteiger partial charge in [0, 0.05) is 57.1 Å². The summed E-state index contributed by atoms with van der Waals surface area (Å²) in [5.74, 6) is 0.0812. The van der Waals surface area contributed by atoms with E-state index in [-0.39, 0.29) is 30.1 Å². The molecule has 2 aromatic rings. The van der Waals surface area contributed by atoms with Crippen LogP contribution in [0.1, 0.15) is 16.9 Å². The van der Waals surface area contributed by atoms with Gasteiger partial charge in [-0.3, -0.25) is 19.4 Å². The number of aromatic nitrogens is 1. The van der Waals surface area contributed by atoms with Crippen LogP contribution >= 0.6 is 0 Å². The van der Waals surface area contributed by atoms with Crippen LogP contribution in [0.25, 0.3) is 0 Å². The predicted octanol–water partition coefficient (Wildman–Crippen LogP) is 1.43. The van der Waals surface area contributed by atoms with E-state index in [0.29, 0.717) is 44.2 Å². The number of carbonyl (C=O) groups is 3. The Morgan fingerprint density at radius 2 is 1.80 bits per heavy atom. The number of nitrogens with zero attached hydrogens (tertiary/aromatic N) is 4. The molecule has 0 radical (unpaired) electrons. The molecule has 2 saturated heterocycles. The molecule has 0 spiro atoms. The number of hydrogen-bond acceptors (Lipinski definition) is 5. The predicted molar refractivity (Wildman–Crippen MR) is 110 cm³/mol. The zero-order valence-electron chi connectivity index (χ0n) is 16.9. The molecule has 0 unspecified atom stereocenters. The lowest BCUT2D eigenvalue weighted by Gasteiger charge is -2.35. The van der Waals surface area contributed by atoms with Crippen molar-refractivity contribution in [1.82, 2.24) is 14.8 Å². The summed E-state index contributed by atoms with van der Waals surface area (Å²) in [6.07, 6.45) is 1.79. The molecule has 1 atom stereocenters. The summed E-state index contributed by atoms with van der Waals surface area (Å²) in [6.45, 7) is 2.20. The summed E-state index contributed by atoms with van der Waals surface area (Å²) >= 11 is 0. The molecule has 2 aliphatic heterocycles. The number of hydrogen-bond donors (Lipinski definition) is 0. The summed E-state index contributed by atoms with van der Waals surface area (Å²) in [5, 5.41) is 0. The number of amides is 3. The number of carbonyl (C=O) groups excluding carboxylic acids is 3. The van der Waals surface area contributed by atoms with Gasteiger partial charge >= 0.3 is 0 Å². The van der Waals surface area contributed by atoms with Crippen LogP contribution in [0.15, 0.2) is 48.7 Å². The van der Waals surface area contributed by atoms with E-state index in [9.17, 15) is 14.4 Å². The van der Waals surface area contributed by atoms with E-state index < -0.39 is 0 Å². The minimum atomic E-state index is -0.373. The van der Waals surface area contributed by atoms with Crippen LogP contribution in [0.5, 0.6) is 5.75 Å². The van der Waals surface area contributed by atoms with Gasteiger partial charge in [0.25, 0.3) is 5.91 Å². The molecule has 8 heteroatoms. The Bertz CT molecular complexity index is 941. The van der Waals surface area contributed by atoms with Crippen LogP contribution in [0.4, 0.5) is 5.69 Å². The molecule has 2 fully saturated rings. The van der Waals surface area contributed by atoms with Crippen LogP contribution in [0.2, 0.25) is 0 Å². The van der Waals surface area contributed by atoms with Crippen LogP contribution in [0, 0.1) is 5.92 Å². The van der Waals surface area contributed by atoms with Gasteiger partial charge in [0.15, 0.2) is 0 Å². The highest BCUT2D eigenvalue weighted by Gasteiger charge is 2.38. The molecule has 0 N–H and O–H groups in total. The second-order valence-electron chi connectivity index (χ2n) is 7.44. The average molecular weight is 408 g/mol. The lowest BCUT2D eigenvalue weighted by molar-refractivity contribution is -0.137. The van der Waals surface area contributed by atoms with Crippen molar-refractivity contribution in [3.05, 3.63) is 54.4 Å². The van der Waals surface area contributed by atoms with E-state index in [1.54, 1.807) is 52.3 Å².